The van der Waals surface area contributed by atoms with Gasteiger partial charge in [-0.3, -0.25) is 38.4 Å². The SMILES string of the molecule is CC(=O)OC[C@H]1O[C@@H](n2cc(CNC(=O)CCCc3ccc4ccc5cccc6ccc3c4c56)nn2)[C@H](OC(C)=O)[C@@H](OC(C)=O)[C@@H]1O[C@@H]1O[C@H](COC(C)=O)[C@@H](OC(C)=O)[C@H](OC(C)=O)[C@H]1OC(C)=O. The molecule has 0 unspecified atom stereocenters. The van der Waals surface area contributed by atoms with Crippen molar-refractivity contribution in [3.63, 3.8) is 0 Å². The van der Waals surface area contributed by atoms with Gasteiger partial charge in [0.05, 0.1) is 12.7 Å². The molecule has 1 aromatic heterocycles. The summed E-state index contributed by atoms with van der Waals surface area (Å²) in [5, 5.41) is 18.3. The Morgan fingerprint density at radius 1 is 0.577 bits per heavy atom. The van der Waals surface area contributed by atoms with Crippen molar-refractivity contribution >= 4 is 80.0 Å². The Kier molecular flexibility index (Phi) is 16.4. The normalized spacial score (nSPS) is 24.2. The van der Waals surface area contributed by atoms with E-state index >= 15 is 0 Å². The smallest absolute Gasteiger partial charge is 0.303 e. The number of amides is 1. The summed E-state index contributed by atoms with van der Waals surface area (Å²) < 4.78 is 58.7. The molecule has 10 atom stereocenters. The zero-order valence-electron chi connectivity index (χ0n) is 40.0. The molecule has 0 aliphatic carbocycles. The van der Waals surface area contributed by atoms with Gasteiger partial charge in [-0.25, -0.2) is 4.68 Å². The van der Waals surface area contributed by atoms with Crippen LogP contribution in [0.25, 0.3) is 32.3 Å². The third kappa shape index (κ3) is 12.5. The minimum Gasteiger partial charge on any atom is -0.463 e. The van der Waals surface area contributed by atoms with Gasteiger partial charge < -0.3 is 52.7 Å². The summed E-state index contributed by atoms with van der Waals surface area (Å²) in [7, 11) is 0. The number of nitrogens with zero attached hydrogens (tertiary/aromatic N) is 3. The minimum absolute atomic E-state index is 0.0681. The number of carbonyl (C=O) groups excluding carboxylic acids is 8. The van der Waals surface area contributed by atoms with Crippen LogP contribution in [0.1, 0.15) is 78.8 Å². The van der Waals surface area contributed by atoms with Crippen molar-refractivity contribution in [3.05, 3.63) is 72.1 Å². The van der Waals surface area contributed by atoms with Crippen LogP contribution in [0, 0.1) is 0 Å². The molecule has 1 N–H and O–H groups in total. The Morgan fingerprint density at radius 2 is 1.10 bits per heavy atom. The van der Waals surface area contributed by atoms with Crippen LogP contribution < -0.4 is 5.32 Å². The third-order valence-electron chi connectivity index (χ3n) is 11.7. The molecule has 1 amide bonds. The number of aryl methyl sites for hydroxylation is 1. The van der Waals surface area contributed by atoms with E-state index in [2.05, 4.69) is 64.2 Å². The Hall–Kier alpha value is -7.30. The number of ether oxygens (including phenoxy) is 10. The quantitative estimate of drug-likeness (QED) is 0.0746. The Bertz CT molecular complexity index is 2780. The van der Waals surface area contributed by atoms with Crippen molar-refractivity contribution in [2.75, 3.05) is 13.2 Å². The average Bonchev–Trinajstić information content (AvgIpc) is 3.78. The monoisotopic (exact) mass is 986 g/mol. The molecular weight excluding hydrogens is 933 g/mol. The maximum absolute atomic E-state index is 13.2. The first-order valence-electron chi connectivity index (χ1n) is 22.8. The summed E-state index contributed by atoms with van der Waals surface area (Å²) in [4.78, 5) is 101. The second kappa shape index (κ2) is 22.6. The van der Waals surface area contributed by atoms with E-state index in [4.69, 9.17) is 47.4 Å². The fourth-order valence-electron chi connectivity index (χ4n) is 8.95. The number of aromatic nitrogens is 3. The van der Waals surface area contributed by atoms with Gasteiger partial charge in [0.25, 0.3) is 0 Å². The van der Waals surface area contributed by atoms with Crippen LogP contribution in [0.15, 0.2) is 60.8 Å². The fourth-order valence-corrected chi connectivity index (χ4v) is 8.95. The topological polar surface area (TPSA) is 272 Å². The van der Waals surface area contributed by atoms with Crippen molar-refractivity contribution in [2.45, 2.75) is 136 Å². The van der Waals surface area contributed by atoms with Gasteiger partial charge in [-0.2, -0.15) is 0 Å². The molecule has 4 aromatic carbocycles. The summed E-state index contributed by atoms with van der Waals surface area (Å²) in [5.41, 5.74) is 1.39. The number of hydrogen-bond acceptors (Lipinski definition) is 20. The predicted octanol–water partition coefficient (Wildman–Crippen LogP) is 3.61. The van der Waals surface area contributed by atoms with Gasteiger partial charge in [0, 0.05) is 54.9 Å². The lowest BCUT2D eigenvalue weighted by atomic mass is 9.90. The van der Waals surface area contributed by atoms with Crippen molar-refractivity contribution in [1.82, 2.24) is 20.3 Å². The number of hydrogen-bond donors (Lipinski definition) is 1. The predicted molar refractivity (Wildman–Crippen MR) is 243 cm³/mol. The molecule has 0 saturated carbocycles. The number of benzene rings is 4. The molecule has 2 aliphatic heterocycles. The zero-order chi connectivity index (χ0) is 51.1. The fraction of sp³-hybridized carbons (Fsp3) is 0.469. The summed E-state index contributed by atoms with van der Waals surface area (Å²) in [5.74, 6) is -6.29. The lowest BCUT2D eigenvalue weighted by Crippen LogP contribution is -2.66. The van der Waals surface area contributed by atoms with Gasteiger partial charge in [0.2, 0.25) is 5.91 Å². The van der Waals surface area contributed by atoms with Crippen LogP contribution in [0.4, 0.5) is 0 Å². The van der Waals surface area contributed by atoms with E-state index in [0.717, 1.165) is 69.5 Å². The molecule has 0 spiro atoms. The first-order valence-corrected chi connectivity index (χ1v) is 22.8. The van der Waals surface area contributed by atoms with Crippen LogP contribution in [0.2, 0.25) is 0 Å². The molecule has 378 valence electrons. The second-order valence-corrected chi connectivity index (χ2v) is 17.1. The molecule has 0 radical (unpaired) electrons. The molecule has 2 saturated heterocycles. The molecule has 0 bridgehead atoms. The number of nitrogens with one attached hydrogen (secondary N) is 1. The van der Waals surface area contributed by atoms with E-state index in [0.29, 0.717) is 12.8 Å². The Balaban J connectivity index is 1.11. The minimum atomic E-state index is -1.85. The van der Waals surface area contributed by atoms with E-state index in [9.17, 15) is 38.4 Å². The maximum Gasteiger partial charge on any atom is 0.303 e. The number of esters is 7. The van der Waals surface area contributed by atoms with E-state index in [1.807, 2.05) is 6.07 Å². The van der Waals surface area contributed by atoms with Gasteiger partial charge >= 0.3 is 41.8 Å². The largest absolute Gasteiger partial charge is 0.463 e. The van der Waals surface area contributed by atoms with E-state index < -0.39 is 116 Å². The van der Waals surface area contributed by atoms with E-state index in [1.165, 1.54) is 27.7 Å². The molecule has 3 heterocycles. The number of rotatable bonds is 18. The van der Waals surface area contributed by atoms with Gasteiger partial charge in [-0.15, -0.1) is 5.10 Å². The molecule has 22 nitrogen and oxygen atoms in total. The van der Waals surface area contributed by atoms with E-state index in [-0.39, 0.29) is 24.6 Å². The summed E-state index contributed by atoms with van der Waals surface area (Å²) in [6.45, 7) is 6.20. The average molecular weight is 987 g/mol. The molecule has 7 rings (SSSR count). The van der Waals surface area contributed by atoms with Crippen LogP contribution >= 0.6 is 0 Å². The lowest BCUT2D eigenvalue weighted by molar-refractivity contribution is -0.349. The van der Waals surface area contributed by atoms with Crippen molar-refractivity contribution in [2.24, 2.45) is 0 Å². The van der Waals surface area contributed by atoms with Crippen LogP contribution in [0.3, 0.4) is 0 Å². The second-order valence-electron chi connectivity index (χ2n) is 17.1. The lowest BCUT2D eigenvalue weighted by Gasteiger charge is -2.48. The molecule has 5 aromatic rings. The van der Waals surface area contributed by atoms with Crippen molar-refractivity contribution in [1.29, 1.82) is 0 Å². The molecule has 2 fully saturated rings. The summed E-state index contributed by atoms with van der Waals surface area (Å²) in [6.07, 6.45) is -13.3. The molecular formula is C49H54N4O18. The summed E-state index contributed by atoms with van der Waals surface area (Å²) >= 11 is 0. The van der Waals surface area contributed by atoms with Gasteiger partial charge in [0.1, 0.15) is 37.2 Å². The maximum atomic E-state index is 13.2. The summed E-state index contributed by atoms with van der Waals surface area (Å²) in [6, 6.07) is 19.0. The van der Waals surface area contributed by atoms with Crippen LogP contribution in [-0.2, 0) is 98.7 Å². The van der Waals surface area contributed by atoms with Crippen molar-refractivity contribution in [3.8, 4) is 0 Å². The standard InChI is InChI=1S/C49H54N4O18/c1-24(54)62-22-37-43(71-49-47(68-30(7)60)45(66-28(5)58)42(64-26(3)56)38(70-49)23-63-25(2)55)44(65-27(4)57)46(67-29(6)59)48(69-37)53-21-35(51-52-53)20-50-39(61)13-9-10-31-14-15-34-17-16-32-11-8-12-33-18-19-36(31)41(34)40(32)33/h8,11-12,14-19,21,37-38,42-49H,9-10,13,20,22-23H2,1-7H3,(H,50,61)/t37-,38-,42-,43-,44+,45+,46-,47-,48-,49+/m1/s1. The highest BCUT2D eigenvalue weighted by Crippen LogP contribution is 2.39. The number of carbonyl (C=O) groups is 8. The first kappa shape index (κ1) is 51.5. The molecule has 2 aliphatic rings. The first-order chi connectivity index (χ1) is 33.9. The molecule has 22 heteroatoms. The van der Waals surface area contributed by atoms with E-state index in [1.54, 1.807) is 0 Å². The third-order valence-corrected chi connectivity index (χ3v) is 11.7. The van der Waals surface area contributed by atoms with Gasteiger partial charge in [0.15, 0.2) is 43.0 Å². The highest BCUT2D eigenvalue weighted by molar-refractivity contribution is 6.23. The van der Waals surface area contributed by atoms with Gasteiger partial charge in [-0.05, 0) is 50.7 Å². The van der Waals surface area contributed by atoms with Crippen LogP contribution in [-0.4, -0.2) is 131 Å². The van der Waals surface area contributed by atoms with Gasteiger partial charge in [-0.1, -0.05) is 59.8 Å². The Morgan fingerprint density at radius 3 is 1.70 bits per heavy atom. The zero-order valence-corrected chi connectivity index (χ0v) is 40.0. The highest BCUT2D eigenvalue weighted by Gasteiger charge is 2.58. The molecule has 71 heavy (non-hydrogen) atoms. The van der Waals surface area contributed by atoms with Crippen molar-refractivity contribution < 1.29 is 85.7 Å². The van der Waals surface area contributed by atoms with Crippen LogP contribution in [0.5, 0.6) is 0 Å². The Labute approximate surface area is 406 Å². The highest BCUT2D eigenvalue weighted by atomic mass is 16.8.